The number of nitrogens with one attached hydrogen (secondary N) is 1. The van der Waals surface area contributed by atoms with Gasteiger partial charge < -0.3 is 20.7 Å². The Balaban J connectivity index is 1.78. The standard InChI is InChI=1S/C14H26N4O2S/c1-2-3-12(13(15)21)17-5-7-18(8-6-17)14(19)16-11-4-9-20-10-11/h11-12H,2-10H2,1H3,(H2,15,21)(H,16,19). The average Bonchev–Trinajstić information content (AvgIpc) is 2.97. The molecule has 2 saturated heterocycles. The van der Waals surface area contributed by atoms with E-state index in [4.69, 9.17) is 22.7 Å². The number of piperazine rings is 1. The van der Waals surface area contributed by atoms with Crippen LogP contribution in [0.4, 0.5) is 4.79 Å². The lowest BCUT2D eigenvalue weighted by molar-refractivity contribution is 0.122. The normalized spacial score (nSPS) is 24.8. The molecule has 2 fully saturated rings. The molecule has 0 aromatic carbocycles. The van der Waals surface area contributed by atoms with Crippen LogP contribution in [0.2, 0.25) is 0 Å². The number of amides is 2. The van der Waals surface area contributed by atoms with Crippen molar-refractivity contribution >= 4 is 23.2 Å². The third-order valence-electron chi connectivity index (χ3n) is 4.19. The zero-order chi connectivity index (χ0) is 15.2. The number of hydrogen-bond acceptors (Lipinski definition) is 4. The quantitative estimate of drug-likeness (QED) is 0.726. The maximum Gasteiger partial charge on any atom is 0.317 e. The third-order valence-corrected chi connectivity index (χ3v) is 4.46. The SMILES string of the molecule is CCCC(C(N)=S)N1CCN(C(=O)NC2CCOC2)CC1. The molecule has 2 atom stereocenters. The lowest BCUT2D eigenvalue weighted by Crippen LogP contribution is -2.57. The molecule has 2 heterocycles. The largest absolute Gasteiger partial charge is 0.392 e. The monoisotopic (exact) mass is 314 g/mol. The first-order chi connectivity index (χ1) is 10.1. The topological polar surface area (TPSA) is 70.8 Å². The van der Waals surface area contributed by atoms with E-state index in [1.807, 2.05) is 4.90 Å². The molecule has 3 N–H and O–H groups in total. The van der Waals surface area contributed by atoms with E-state index in [1.165, 1.54) is 0 Å². The van der Waals surface area contributed by atoms with Gasteiger partial charge in [-0.3, -0.25) is 4.90 Å². The molecule has 2 rings (SSSR count). The molecule has 0 spiro atoms. The average molecular weight is 314 g/mol. The molecule has 0 radical (unpaired) electrons. The Kier molecular flexibility index (Phi) is 6.20. The highest BCUT2D eigenvalue weighted by Crippen LogP contribution is 2.12. The smallest absolute Gasteiger partial charge is 0.317 e. The minimum Gasteiger partial charge on any atom is -0.392 e. The Morgan fingerprint density at radius 3 is 2.67 bits per heavy atom. The first kappa shape index (κ1) is 16.5. The maximum absolute atomic E-state index is 12.2. The van der Waals surface area contributed by atoms with E-state index < -0.39 is 0 Å². The van der Waals surface area contributed by atoms with Crippen molar-refractivity contribution in [2.75, 3.05) is 39.4 Å². The molecule has 0 saturated carbocycles. The van der Waals surface area contributed by atoms with Crippen molar-refractivity contribution in [3.8, 4) is 0 Å². The van der Waals surface area contributed by atoms with Gasteiger partial charge in [-0.15, -0.1) is 0 Å². The Bertz CT molecular complexity index is 366. The van der Waals surface area contributed by atoms with E-state index in [0.29, 0.717) is 11.6 Å². The Labute approximate surface area is 132 Å². The van der Waals surface area contributed by atoms with Crippen molar-refractivity contribution in [3.63, 3.8) is 0 Å². The summed E-state index contributed by atoms with van der Waals surface area (Å²) in [5, 5.41) is 3.03. The van der Waals surface area contributed by atoms with Gasteiger partial charge in [-0.05, 0) is 12.8 Å². The van der Waals surface area contributed by atoms with Gasteiger partial charge in [-0.25, -0.2) is 4.79 Å². The Hall–Kier alpha value is -0.920. The van der Waals surface area contributed by atoms with Gasteiger partial charge in [0, 0.05) is 32.8 Å². The summed E-state index contributed by atoms with van der Waals surface area (Å²) in [5.41, 5.74) is 5.84. The van der Waals surface area contributed by atoms with Crippen molar-refractivity contribution in [2.45, 2.75) is 38.3 Å². The number of urea groups is 1. The van der Waals surface area contributed by atoms with Crippen LogP contribution in [0.5, 0.6) is 0 Å². The highest BCUT2D eigenvalue weighted by molar-refractivity contribution is 7.80. The minimum absolute atomic E-state index is 0.0208. The van der Waals surface area contributed by atoms with Gasteiger partial charge in [0.25, 0.3) is 0 Å². The third kappa shape index (κ3) is 4.52. The van der Waals surface area contributed by atoms with Gasteiger partial charge in [-0.1, -0.05) is 25.6 Å². The van der Waals surface area contributed by atoms with Gasteiger partial charge >= 0.3 is 6.03 Å². The number of carbonyl (C=O) groups is 1. The molecule has 0 bridgehead atoms. The van der Waals surface area contributed by atoms with Crippen molar-refractivity contribution in [1.82, 2.24) is 15.1 Å². The Morgan fingerprint density at radius 1 is 1.43 bits per heavy atom. The van der Waals surface area contributed by atoms with Crippen molar-refractivity contribution in [3.05, 3.63) is 0 Å². The molecule has 21 heavy (non-hydrogen) atoms. The fourth-order valence-electron chi connectivity index (χ4n) is 2.93. The summed E-state index contributed by atoms with van der Waals surface area (Å²) in [6.07, 6.45) is 2.96. The van der Waals surface area contributed by atoms with E-state index in [-0.39, 0.29) is 18.1 Å². The second-order valence-electron chi connectivity index (χ2n) is 5.74. The predicted molar refractivity (Wildman–Crippen MR) is 86.4 cm³/mol. The van der Waals surface area contributed by atoms with Gasteiger partial charge in [0.1, 0.15) is 0 Å². The van der Waals surface area contributed by atoms with Crippen molar-refractivity contribution in [2.24, 2.45) is 5.73 Å². The number of ether oxygens (including phenoxy) is 1. The van der Waals surface area contributed by atoms with Crippen molar-refractivity contribution < 1.29 is 9.53 Å². The van der Waals surface area contributed by atoms with Crippen LogP contribution in [-0.4, -0.2) is 72.3 Å². The van der Waals surface area contributed by atoms with Gasteiger partial charge in [-0.2, -0.15) is 0 Å². The number of carbonyl (C=O) groups excluding carboxylic acids is 1. The lowest BCUT2D eigenvalue weighted by atomic mass is 10.1. The molecule has 120 valence electrons. The molecule has 2 unspecified atom stereocenters. The van der Waals surface area contributed by atoms with Crippen LogP contribution >= 0.6 is 12.2 Å². The number of nitrogens with two attached hydrogens (primary N) is 1. The van der Waals surface area contributed by atoms with E-state index in [1.54, 1.807) is 0 Å². The molecule has 2 aliphatic rings. The van der Waals surface area contributed by atoms with Crippen LogP contribution in [0.25, 0.3) is 0 Å². The number of thiocarbonyl (C=S) groups is 1. The summed E-state index contributed by atoms with van der Waals surface area (Å²) in [7, 11) is 0. The highest BCUT2D eigenvalue weighted by atomic mass is 32.1. The summed E-state index contributed by atoms with van der Waals surface area (Å²) in [4.78, 5) is 16.9. The molecule has 0 aromatic rings. The summed E-state index contributed by atoms with van der Waals surface area (Å²) >= 11 is 5.17. The Morgan fingerprint density at radius 2 is 2.14 bits per heavy atom. The van der Waals surface area contributed by atoms with Gasteiger partial charge in [0.2, 0.25) is 0 Å². The van der Waals surface area contributed by atoms with E-state index in [9.17, 15) is 4.79 Å². The van der Waals surface area contributed by atoms with Crippen LogP contribution in [0.15, 0.2) is 0 Å². The van der Waals surface area contributed by atoms with E-state index in [2.05, 4.69) is 17.1 Å². The summed E-state index contributed by atoms with van der Waals surface area (Å²) < 4.78 is 5.28. The van der Waals surface area contributed by atoms with E-state index >= 15 is 0 Å². The fourth-order valence-corrected chi connectivity index (χ4v) is 3.20. The van der Waals surface area contributed by atoms with Crippen LogP contribution in [-0.2, 0) is 4.74 Å². The second kappa shape index (κ2) is 7.91. The highest BCUT2D eigenvalue weighted by Gasteiger charge is 2.28. The van der Waals surface area contributed by atoms with E-state index in [0.717, 1.165) is 52.0 Å². The van der Waals surface area contributed by atoms with Gasteiger partial charge in [0.15, 0.2) is 0 Å². The van der Waals surface area contributed by atoms with Crippen LogP contribution in [0, 0.1) is 0 Å². The fraction of sp³-hybridized carbons (Fsp3) is 0.857. The van der Waals surface area contributed by atoms with Crippen LogP contribution in [0.3, 0.4) is 0 Å². The van der Waals surface area contributed by atoms with Crippen LogP contribution in [0.1, 0.15) is 26.2 Å². The molecule has 0 aromatic heterocycles. The molecule has 2 amide bonds. The first-order valence-corrected chi connectivity index (χ1v) is 8.19. The number of nitrogens with zero attached hydrogens (tertiary/aromatic N) is 2. The molecular formula is C14H26N4O2S. The molecule has 0 aliphatic carbocycles. The lowest BCUT2D eigenvalue weighted by Gasteiger charge is -2.39. The zero-order valence-corrected chi connectivity index (χ0v) is 13.5. The number of hydrogen-bond donors (Lipinski definition) is 2. The molecule has 7 heteroatoms. The first-order valence-electron chi connectivity index (χ1n) is 7.78. The minimum atomic E-state index is 0.0208. The molecular weight excluding hydrogens is 288 g/mol. The maximum atomic E-state index is 12.2. The zero-order valence-electron chi connectivity index (χ0n) is 12.7. The van der Waals surface area contributed by atoms with Crippen LogP contribution < -0.4 is 11.1 Å². The summed E-state index contributed by atoms with van der Waals surface area (Å²) in [6, 6.07) is 0.353. The van der Waals surface area contributed by atoms with Crippen molar-refractivity contribution in [1.29, 1.82) is 0 Å². The van der Waals surface area contributed by atoms with Gasteiger partial charge in [0.05, 0.1) is 23.7 Å². The summed E-state index contributed by atoms with van der Waals surface area (Å²) in [5.74, 6) is 0. The number of rotatable bonds is 5. The predicted octanol–water partition coefficient (Wildman–Crippen LogP) is 0.557. The molecule has 6 nitrogen and oxygen atoms in total. The molecule has 2 aliphatic heterocycles. The second-order valence-corrected chi connectivity index (χ2v) is 6.21. The summed E-state index contributed by atoms with van der Waals surface area (Å²) in [6.45, 7) is 6.62.